The van der Waals surface area contributed by atoms with E-state index < -0.39 is 0 Å². The topological polar surface area (TPSA) is 44.4 Å². The average molecular weight is 213 g/mol. The Balaban J connectivity index is 2.07. The number of hydrogen-bond donors (Lipinski definition) is 2. The Hall–Kier alpha value is -0.610. The molecule has 0 aromatic heterocycles. The summed E-state index contributed by atoms with van der Waals surface area (Å²) in [6.07, 6.45) is 1.02. The van der Waals surface area contributed by atoms with Crippen LogP contribution in [0.3, 0.4) is 0 Å². The van der Waals surface area contributed by atoms with E-state index in [1.54, 1.807) is 0 Å². The molecule has 1 heterocycles. The van der Waals surface area contributed by atoms with E-state index >= 15 is 0 Å². The first-order valence-electron chi connectivity index (χ1n) is 5.74. The molecule has 1 saturated heterocycles. The van der Waals surface area contributed by atoms with Crippen molar-refractivity contribution in [1.29, 1.82) is 0 Å². The maximum atomic E-state index is 11.7. The highest BCUT2D eigenvalue weighted by Crippen LogP contribution is 2.15. The van der Waals surface area contributed by atoms with Gasteiger partial charge in [0.2, 0.25) is 5.91 Å². The van der Waals surface area contributed by atoms with Gasteiger partial charge in [-0.25, -0.2) is 0 Å². The molecule has 1 unspecified atom stereocenters. The predicted molar refractivity (Wildman–Crippen MR) is 61.7 cm³/mol. The number of rotatable bonds is 6. The number of nitrogens with zero attached hydrogens (tertiary/aromatic N) is 1. The van der Waals surface area contributed by atoms with Crippen LogP contribution < -0.4 is 10.6 Å². The van der Waals surface area contributed by atoms with Gasteiger partial charge < -0.3 is 15.5 Å². The summed E-state index contributed by atoms with van der Waals surface area (Å²) in [5, 5.41) is 6.19. The zero-order chi connectivity index (χ0) is 11.3. The van der Waals surface area contributed by atoms with Gasteiger partial charge in [0.25, 0.3) is 0 Å². The van der Waals surface area contributed by atoms with E-state index in [2.05, 4.69) is 15.5 Å². The summed E-state index contributed by atoms with van der Waals surface area (Å²) in [6.45, 7) is 5.83. The van der Waals surface area contributed by atoms with Gasteiger partial charge in [-0.2, -0.15) is 0 Å². The van der Waals surface area contributed by atoms with Gasteiger partial charge in [0.15, 0.2) is 0 Å². The standard InChI is InChI=1S/C11H23N3O/c1-9(10-7-12-8-10)11(15)13-5-4-6-14(2)3/h9-10,12H,4-8H2,1-3H3,(H,13,15). The molecule has 0 aromatic carbocycles. The van der Waals surface area contributed by atoms with Gasteiger partial charge in [0.05, 0.1) is 0 Å². The molecule has 0 saturated carbocycles. The maximum absolute atomic E-state index is 11.7. The fourth-order valence-corrected chi connectivity index (χ4v) is 1.65. The molecule has 1 fully saturated rings. The molecule has 88 valence electrons. The molecule has 1 amide bonds. The van der Waals surface area contributed by atoms with Crippen LogP contribution >= 0.6 is 0 Å². The van der Waals surface area contributed by atoms with Crippen LogP contribution in [0.1, 0.15) is 13.3 Å². The van der Waals surface area contributed by atoms with E-state index in [1.807, 2.05) is 21.0 Å². The number of nitrogens with one attached hydrogen (secondary N) is 2. The summed E-state index contributed by atoms with van der Waals surface area (Å²) in [5.74, 6) is 0.907. The zero-order valence-corrected chi connectivity index (χ0v) is 10.0. The second-order valence-corrected chi connectivity index (χ2v) is 4.65. The van der Waals surface area contributed by atoms with Crippen molar-refractivity contribution in [2.24, 2.45) is 11.8 Å². The summed E-state index contributed by atoms with van der Waals surface area (Å²) in [5.41, 5.74) is 0. The van der Waals surface area contributed by atoms with Gasteiger partial charge >= 0.3 is 0 Å². The van der Waals surface area contributed by atoms with Crippen LogP contribution in [0.15, 0.2) is 0 Å². The molecule has 1 atom stereocenters. The van der Waals surface area contributed by atoms with Crippen LogP contribution in [0, 0.1) is 11.8 Å². The lowest BCUT2D eigenvalue weighted by Crippen LogP contribution is -2.49. The summed E-state index contributed by atoms with van der Waals surface area (Å²) in [4.78, 5) is 13.8. The van der Waals surface area contributed by atoms with Crippen LogP contribution in [-0.4, -0.2) is 51.1 Å². The van der Waals surface area contributed by atoms with Crippen molar-refractivity contribution in [2.45, 2.75) is 13.3 Å². The monoisotopic (exact) mass is 213 g/mol. The largest absolute Gasteiger partial charge is 0.356 e. The number of carbonyl (C=O) groups is 1. The minimum Gasteiger partial charge on any atom is -0.356 e. The van der Waals surface area contributed by atoms with Crippen molar-refractivity contribution in [3.8, 4) is 0 Å². The Morgan fingerprint density at radius 2 is 2.20 bits per heavy atom. The first-order chi connectivity index (χ1) is 7.11. The Morgan fingerprint density at radius 1 is 1.53 bits per heavy atom. The van der Waals surface area contributed by atoms with Gasteiger partial charge in [-0.15, -0.1) is 0 Å². The Labute approximate surface area is 92.4 Å². The molecule has 15 heavy (non-hydrogen) atoms. The lowest BCUT2D eigenvalue weighted by molar-refractivity contribution is -0.126. The minimum atomic E-state index is 0.158. The minimum absolute atomic E-state index is 0.158. The molecule has 4 heteroatoms. The highest BCUT2D eigenvalue weighted by molar-refractivity contribution is 5.78. The van der Waals surface area contributed by atoms with Crippen LogP contribution in [0.2, 0.25) is 0 Å². The molecule has 0 aliphatic carbocycles. The molecular formula is C11H23N3O. The smallest absolute Gasteiger partial charge is 0.223 e. The van der Waals surface area contributed by atoms with E-state index in [-0.39, 0.29) is 11.8 Å². The van der Waals surface area contributed by atoms with Crippen molar-refractivity contribution in [3.63, 3.8) is 0 Å². The Kier molecular flexibility index (Phi) is 5.05. The van der Waals surface area contributed by atoms with E-state index in [0.717, 1.165) is 32.6 Å². The Bertz CT molecular complexity index is 202. The summed E-state index contributed by atoms with van der Waals surface area (Å²) >= 11 is 0. The van der Waals surface area contributed by atoms with E-state index in [0.29, 0.717) is 5.92 Å². The van der Waals surface area contributed by atoms with Crippen molar-refractivity contribution in [2.75, 3.05) is 40.3 Å². The van der Waals surface area contributed by atoms with Crippen molar-refractivity contribution in [1.82, 2.24) is 15.5 Å². The second kappa shape index (κ2) is 6.08. The fourth-order valence-electron chi connectivity index (χ4n) is 1.65. The average Bonchev–Trinajstić information content (AvgIpc) is 2.08. The first-order valence-corrected chi connectivity index (χ1v) is 5.74. The number of hydrogen-bond acceptors (Lipinski definition) is 3. The summed E-state index contributed by atoms with van der Waals surface area (Å²) in [6, 6.07) is 0. The molecule has 1 aliphatic heterocycles. The maximum Gasteiger partial charge on any atom is 0.223 e. The number of carbonyl (C=O) groups excluding carboxylic acids is 1. The molecular weight excluding hydrogens is 190 g/mol. The van der Waals surface area contributed by atoms with E-state index in [4.69, 9.17) is 0 Å². The van der Waals surface area contributed by atoms with Crippen molar-refractivity contribution >= 4 is 5.91 Å². The highest BCUT2D eigenvalue weighted by Gasteiger charge is 2.28. The predicted octanol–water partition coefficient (Wildman–Crippen LogP) is -0.0902. The van der Waals surface area contributed by atoms with Crippen LogP contribution in [0.5, 0.6) is 0 Å². The van der Waals surface area contributed by atoms with Crippen molar-refractivity contribution in [3.05, 3.63) is 0 Å². The fraction of sp³-hybridized carbons (Fsp3) is 0.909. The number of amides is 1. The lowest BCUT2D eigenvalue weighted by Gasteiger charge is -2.31. The van der Waals surface area contributed by atoms with Gasteiger partial charge in [-0.05, 0) is 46.1 Å². The summed E-state index contributed by atoms with van der Waals surface area (Å²) in [7, 11) is 4.09. The molecule has 1 rings (SSSR count). The van der Waals surface area contributed by atoms with Crippen molar-refractivity contribution < 1.29 is 4.79 Å². The molecule has 0 aromatic rings. The SMILES string of the molecule is CC(C(=O)NCCCN(C)C)C1CNC1. The second-order valence-electron chi connectivity index (χ2n) is 4.65. The highest BCUT2D eigenvalue weighted by atomic mass is 16.1. The molecule has 0 radical (unpaired) electrons. The quantitative estimate of drug-likeness (QED) is 0.606. The Morgan fingerprint density at radius 3 is 2.67 bits per heavy atom. The molecule has 0 spiro atoms. The first kappa shape index (κ1) is 12.5. The normalized spacial score (nSPS) is 18.7. The third-order valence-electron chi connectivity index (χ3n) is 3.02. The van der Waals surface area contributed by atoms with E-state index in [9.17, 15) is 4.79 Å². The van der Waals surface area contributed by atoms with E-state index in [1.165, 1.54) is 0 Å². The third kappa shape index (κ3) is 4.18. The van der Waals surface area contributed by atoms with Crippen LogP contribution in [-0.2, 0) is 4.79 Å². The molecule has 2 N–H and O–H groups in total. The van der Waals surface area contributed by atoms with Gasteiger partial charge in [-0.1, -0.05) is 6.92 Å². The van der Waals surface area contributed by atoms with Crippen LogP contribution in [0.25, 0.3) is 0 Å². The third-order valence-corrected chi connectivity index (χ3v) is 3.02. The molecule has 4 nitrogen and oxygen atoms in total. The van der Waals surface area contributed by atoms with Gasteiger partial charge in [0.1, 0.15) is 0 Å². The zero-order valence-electron chi connectivity index (χ0n) is 10.0. The molecule has 0 bridgehead atoms. The molecule has 1 aliphatic rings. The van der Waals surface area contributed by atoms with Gasteiger partial charge in [0, 0.05) is 12.5 Å². The van der Waals surface area contributed by atoms with Crippen LogP contribution in [0.4, 0.5) is 0 Å². The lowest BCUT2D eigenvalue weighted by atomic mass is 9.88. The summed E-state index contributed by atoms with van der Waals surface area (Å²) < 4.78 is 0. The van der Waals surface area contributed by atoms with Gasteiger partial charge in [-0.3, -0.25) is 4.79 Å².